The molecule has 1 amide bonds. The van der Waals surface area contributed by atoms with Crippen molar-refractivity contribution in [2.24, 2.45) is 5.92 Å². The van der Waals surface area contributed by atoms with Gasteiger partial charge in [0.1, 0.15) is 5.92 Å². The van der Waals surface area contributed by atoms with Crippen molar-refractivity contribution < 1.29 is 19.1 Å². The van der Waals surface area contributed by atoms with Gasteiger partial charge in [-0.05, 0) is 53.2 Å². The van der Waals surface area contributed by atoms with Crippen molar-refractivity contribution in [2.45, 2.75) is 45.6 Å². The van der Waals surface area contributed by atoms with Gasteiger partial charge in [-0.15, -0.1) is 0 Å². The van der Waals surface area contributed by atoms with Crippen LogP contribution >= 0.6 is 0 Å². The zero-order valence-corrected chi connectivity index (χ0v) is 15.0. The van der Waals surface area contributed by atoms with E-state index in [9.17, 15) is 9.59 Å². The summed E-state index contributed by atoms with van der Waals surface area (Å²) in [5.41, 5.74) is 0. The highest BCUT2D eigenvalue weighted by Gasteiger charge is 2.32. The van der Waals surface area contributed by atoms with Gasteiger partial charge in [0.05, 0.1) is 12.7 Å². The van der Waals surface area contributed by atoms with E-state index in [0.717, 1.165) is 32.4 Å². The molecule has 1 atom stereocenters. The second-order valence-electron chi connectivity index (χ2n) is 6.27. The van der Waals surface area contributed by atoms with E-state index in [0.29, 0.717) is 26.1 Å². The van der Waals surface area contributed by atoms with Crippen molar-refractivity contribution in [1.29, 1.82) is 0 Å². The first-order chi connectivity index (χ1) is 11.0. The lowest BCUT2D eigenvalue weighted by Gasteiger charge is -2.33. The van der Waals surface area contributed by atoms with Crippen molar-refractivity contribution in [2.75, 3.05) is 46.9 Å². The summed E-state index contributed by atoms with van der Waals surface area (Å²) in [7, 11) is 4.11. The van der Waals surface area contributed by atoms with Crippen molar-refractivity contribution in [3.63, 3.8) is 0 Å². The van der Waals surface area contributed by atoms with Gasteiger partial charge >= 0.3 is 5.97 Å². The zero-order chi connectivity index (χ0) is 17.2. The summed E-state index contributed by atoms with van der Waals surface area (Å²) in [6, 6.07) is 0. The van der Waals surface area contributed by atoms with Crippen LogP contribution in [0.3, 0.4) is 0 Å². The number of carbonyl (C=O) groups is 2. The fourth-order valence-corrected chi connectivity index (χ4v) is 2.78. The summed E-state index contributed by atoms with van der Waals surface area (Å²) in [5.74, 6) is -1.16. The maximum Gasteiger partial charge on any atom is 0.318 e. The molecule has 1 aliphatic heterocycles. The molecule has 1 heterocycles. The lowest BCUT2D eigenvalue weighted by molar-refractivity contribution is -0.156. The fraction of sp³-hybridized carbons (Fsp3) is 0.882. The average Bonchev–Trinajstić information content (AvgIpc) is 2.53. The Hall–Kier alpha value is -1.14. The highest BCUT2D eigenvalue weighted by Crippen LogP contribution is 2.18. The number of rotatable bonds is 9. The summed E-state index contributed by atoms with van der Waals surface area (Å²) < 4.78 is 10.9. The van der Waals surface area contributed by atoms with E-state index in [4.69, 9.17) is 9.47 Å². The number of carbonyl (C=O) groups excluding carboxylic acids is 2. The molecule has 6 nitrogen and oxygen atoms in total. The average molecular weight is 328 g/mol. The Balaban J connectivity index is 2.34. The molecule has 6 heteroatoms. The lowest BCUT2D eigenvalue weighted by Crippen LogP contribution is -2.45. The Morgan fingerprint density at radius 3 is 2.39 bits per heavy atom. The standard InChI is InChI=1S/C17H32N2O4/c1-5-15(17(21)22-6-2)16(20)19-11-8-14(9-12-19)23-13-7-10-18(3)4/h14-15H,5-13H2,1-4H3/t15-/m1/s1. The van der Waals surface area contributed by atoms with Gasteiger partial charge < -0.3 is 19.3 Å². The number of piperidine rings is 1. The number of ether oxygens (including phenoxy) is 2. The summed E-state index contributed by atoms with van der Waals surface area (Å²) >= 11 is 0. The third-order valence-corrected chi connectivity index (χ3v) is 4.13. The zero-order valence-electron chi connectivity index (χ0n) is 15.0. The molecular formula is C17H32N2O4. The van der Waals surface area contributed by atoms with Gasteiger partial charge in [-0.2, -0.15) is 0 Å². The minimum Gasteiger partial charge on any atom is -0.465 e. The quantitative estimate of drug-likeness (QED) is 0.365. The molecule has 0 bridgehead atoms. The first kappa shape index (κ1) is 19.9. The number of hydrogen-bond donors (Lipinski definition) is 0. The lowest BCUT2D eigenvalue weighted by atomic mass is 10.0. The van der Waals surface area contributed by atoms with E-state index in [1.807, 2.05) is 6.92 Å². The fourth-order valence-electron chi connectivity index (χ4n) is 2.78. The number of hydrogen-bond acceptors (Lipinski definition) is 5. The first-order valence-electron chi connectivity index (χ1n) is 8.71. The van der Waals surface area contributed by atoms with Crippen LogP contribution in [0.2, 0.25) is 0 Å². The highest BCUT2D eigenvalue weighted by atomic mass is 16.5. The van der Waals surface area contributed by atoms with Crippen LogP contribution in [0.15, 0.2) is 0 Å². The van der Waals surface area contributed by atoms with Crippen molar-refractivity contribution in [1.82, 2.24) is 9.80 Å². The predicted molar refractivity (Wildman–Crippen MR) is 89.1 cm³/mol. The van der Waals surface area contributed by atoms with Gasteiger partial charge in [0, 0.05) is 19.7 Å². The number of nitrogens with zero attached hydrogens (tertiary/aromatic N) is 2. The minimum atomic E-state index is -0.660. The molecule has 0 radical (unpaired) electrons. The van der Waals surface area contributed by atoms with Crippen LogP contribution in [0.5, 0.6) is 0 Å². The summed E-state index contributed by atoms with van der Waals surface area (Å²) in [5, 5.41) is 0. The van der Waals surface area contributed by atoms with Crippen LogP contribution in [0.1, 0.15) is 39.5 Å². The van der Waals surface area contributed by atoms with Crippen molar-refractivity contribution in [3.05, 3.63) is 0 Å². The SMILES string of the molecule is CCOC(=O)[C@H](CC)C(=O)N1CCC(OCCCN(C)C)CC1. The van der Waals surface area contributed by atoms with Gasteiger partial charge in [-0.1, -0.05) is 6.92 Å². The first-order valence-corrected chi connectivity index (χ1v) is 8.71. The third kappa shape index (κ3) is 6.87. The van der Waals surface area contributed by atoms with E-state index in [2.05, 4.69) is 19.0 Å². The van der Waals surface area contributed by atoms with Crippen LogP contribution in [-0.4, -0.2) is 74.7 Å². The van der Waals surface area contributed by atoms with Crippen LogP contribution in [-0.2, 0) is 19.1 Å². The van der Waals surface area contributed by atoms with Crippen LogP contribution in [0.25, 0.3) is 0 Å². The number of esters is 1. The van der Waals surface area contributed by atoms with Crippen molar-refractivity contribution in [3.8, 4) is 0 Å². The molecule has 1 saturated heterocycles. The van der Waals surface area contributed by atoms with Crippen LogP contribution in [0.4, 0.5) is 0 Å². The molecule has 0 aromatic heterocycles. The van der Waals surface area contributed by atoms with Gasteiger partial charge in [-0.3, -0.25) is 9.59 Å². The van der Waals surface area contributed by atoms with Crippen molar-refractivity contribution >= 4 is 11.9 Å². The van der Waals surface area contributed by atoms with Gasteiger partial charge in [0.2, 0.25) is 5.91 Å². The molecule has 134 valence electrons. The van der Waals surface area contributed by atoms with Gasteiger partial charge in [0.15, 0.2) is 0 Å². The second kappa shape index (κ2) is 10.6. The molecule has 1 rings (SSSR count). The molecule has 0 unspecified atom stereocenters. The van der Waals surface area contributed by atoms with Gasteiger partial charge in [-0.25, -0.2) is 0 Å². The summed E-state index contributed by atoms with van der Waals surface area (Å²) in [4.78, 5) is 28.2. The molecule has 1 aliphatic rings. The minimum absolute atomic E-state index is 0.1000. The number of amides is 1. The Kier molecular flexibility index (Phi) is 9.17. The third-order valence-electron chi connectivity index (χ3n) is 4.13. The molecule has 0 N–H and O–H groups in total. The Morgan fingerprint density at radius 1 is 1.22 bits per heavy atom. The van der Waals surface area contributed by atoms with Crippen LogP contribution < -0.4 is 0 Å². The molecule has 0 saturated carbocycles. The normalized spacial score (nSPS) is 17.3. The van der Waals surface area contributed by atoms with E-state index in [1.165, 1.54) is 0 Å². The summed E-state index contributed by atoms with van der Waals surface area (Å²) in [6.07, 6.45) is 3.41. The molecule has 0 aromatic rings. The smallest absolute Gasteiger partial charge is 0.318 e. The summed E-state index contributed by atoms with van der Waals surface area (Å²) in [6.45, 7) is 7.02. The molecular weight excluding hydrogens is 296 g/mol. The highest BCUT2D eigenvalue weighted by molar-refractivity contribution is 5.97. The maximum absolute atomic E-state index is 12.5. The molecule has 0 spiro atoms. The predicted octanol–water partition coefficient (Wildman–Crippen LogP) is 1.54. The van der Waals surface area contributed by atoms with E-state index < -0.39 is 11.9 Å². The Labute approximate surface area is 140 Å². The van der Waals surface area contributed by atoms with E-state index in [-0.39, 0.29) is 12.0 Å². The van der Waals surface area contributed by atoms with Gasteiger partial charge in [0.25, 0.3) is 0 Å². The molecule has 0 aromatic carbocycles. The molecule has 23 heavy (non-hydrogen) atoms. The Bertz CT molecular complexity index is 366. The maximum atomic E-state index is 12.5. The topological polar surface area (TPSA) is 59.1 Å². The van der Waals surface area contributed by atoms with E-state index >= 15 is 0 Å². The number of likely N-dealkylation sites (tertiary alicyclic amines) is 1. The molecule has 0 aliphatic carbocycles. The van der Waals surface area contributed by atoms with Crippen LogP contribution in [0, 0.1) is 5.92 Å². The second-order valence-corrected chi connectivity index (χ2v) is 6.27. The molecule has 1 fully saturated rings. The van der Waals surface area contributed by atoms with E-state index in [1.54, 1.807) is 11.8 Å². The largest absolute Gasteiger partial charge is 0.465 e. The monoisotopic (exact) mass is 328 g/mol. The Morgan fingerprint density at radius 2 is 1.87 bits per heavy atom.